The lowest BCUT2D eigenvalue weighted by molar-refractivity contribution is 0.0888. The number of rotatable bonds is 5. The van der Waals surface area contributed by atoms with Crippen LogP contribution in [0.4, 0.5) is 0 Å². The summed E-state index contributed by atoms with van der Waals surface area (Å²) in [7, 11) is 0. The maximum absolute atomic E-state index is 13.2. The molecule has 6 rings (SSSR count). The van der Waals surface area contributed by atoms with Gasteiger partial charge in [0.15, 0.2) is 0 Å². The Morgan fingerprint density at radius 3 is 2.58 bits per heavy atom. The van der Waals surface area contributed by atoms with Gasteiger partial charge in [0.1, 0.15) is 0 Å². The molecule has 0 spiro atoms. The lowest BCUT2D eigenvalue weighted by Crippen LogP contribution is -2.44. The number of aromatic nitrogens is 3. The highest BCUT2D eigenvalue weighted by Gasteiger charge is 2.35. The molecule has 188 valence electrons. The first-order valence-electron chi connectivity index (χ1n) is 12.1. The van der Waals surface area contributed by atoms with E-state index in [0.717, 1.165) is 22.0 Å². The van der Waals surface area contributed by atoms with E-state index in [4.69, 9.17) is 11.6 Å². The van der Waals surface area contributed by atoms with Crippen LogP contribution in [0.5, 0.6) is 0 Å². The summed E-state index contributed by atoms with van der Waals surface area (Å²) < 4.78 is 1.51. The predicted molar refractivity (Wildman–Crippen MR) is 145 cm³/mol. The van der Waals surface area contributed by atoms with Crippen LogP contribution >= 0.6 is 11.6 Å². The van der Waals surface area contributed by atoms with Crippen molar-refractivity contribution in [1.29, 1.82) is 0 Å². The first kappa shape index (κ1) is 23.7. The number of halogens is 1. The number of fused-ring (bicyclic) bond motifs is 2. The minimum atomic E-state index is -0.458. The SMILES string of the molecule is O=C(N[C@H]1Cc2ccncc2[C@H]1NC(=O)c1ccc2c(Cl)c[nH]c2c1)c1ccc(-n2ccccc2=O)cc1. The van der Waals surface area contributed by atoms with E-state index in [1.165, 1.54) is 10.6 Å². The van der Waals surface area contributed by atoms with Crippen LogP contribution in [0.25, 0.3) is 16.6 Å². The van der Waals surface area contributed by atoms with Gasteiger partial charge in [0.25, 0.3) is 17.4 Å². The normalized spacial score (nSPS) is 16.2. The Balaban J connectivity index is 1.22. The average Bonchev–Trinajstić information content (AvgIpc) is 3.48. The van der Waals surface area contributed by atoms with E-state index in [0.29, 0.717) is 28.3 Å². The zero-order chi connectivity index (χ0) is 26.2. The highest BCUT2D eigenvalue weighted by atomic mass is 35.5. The van der Waals surface area contributed by atoms with Crippen molar-refractivity contribution in [3.05, 3.63) is 129 Å². The second-order valence-corrected chi connectivity index (χ2v) is 9.57. The van der Waals surface area contributed by atoms with Crippen molar-refractivity contribution in [2.45, 2.75) is 18.5 Å². The molecule has 9 heteroatoms. The smallest absolute Gasteiger partial charge is 0.255 e. The Hall–Kier alpha value is -4.69. The molecule has 2 aromatic carbocycles. The maximum Gasteiger partial charge on any atom is 0.255 e. The van der Waals surface area contributed by atoms with Crippen LogP contribution in [-0.2, 0) is 6.42 Å². The summed E-state index contributed by atoms with van der Waals surface area (Å²) in [6.07, 6.45) is 7.35. The Morgan fingerprint density at radius 1 is 0.974 bits per heavy atom. The summed E-state index contributed by atoms with van der Waals surface area (Å²) in [5, 5.41) is 7.60. The molecular formula is C29H22ClN5O3. The first-order valence-corrected chi connectivity index (χ1v) is 12.4. The molecule has 0 saturated carbocycles. The number of carbonyl (C=O) groups is 2. The van der Waals surface area contributed by atoms with Crippen molar-refractivity contribution < 1.29 is 9.59 Å². The van der Waals surface area contributed by atoms with E-state index < -0.39 is 6.04 Å². The molecule has 3 N–H and O–H groups in total. The molecule has 2 amide bonds. The van der Waals surface area contributed by atoms with E-state index in [-0.39, 0.29) is 23.4 Å². The first-order chi connectivity index (χ1) is 18.5. The van der Waals surface area contributed by atoms with Crippen molar-refractivity contribution in [3.63, 3.8) is 0 Å². The quantitative estimate of drug-likeness (QED) is 0.321. The fourth-order valence-corrected chi connectivity index (χ4v) is 5.13. The van der Waals surface area contributed by atoms with Crippen LogP contribution in [0.3, 0.4) is 0 Å². The standard InChI is InChI=1S/C29H22ClN5O3/c30-23-16-32-24-14-19(6-9-21(23)24)29(38)34-27-22-15-31-11-10-18(22)13-25(27)33-28(37)17-4-7-20(8-5-17)35-12-2-1-3-26(35)36/h1-12,14-16,25,27,32H,13H2,(H,33,37)(H,34,38)/t25-,27+/m0/s1. The van der Waals surface area contributed by atoms with Gasteiger partial charge >= 0.3 is 0 Å². The highest BCUT2D eigenvalue weighted by molar-refractivity contribution is 6.35. The van der Waals surface area contributed by atoms with Gasteiger partial charge in [0, 0.05) is 58.6 Å². The molecule has 38 heavy (non-hydrogen) atoms. The second kappa shape index (κ2) is 9.64. The molecule has 0 bridgehead atoms. The van der Waals surface area contributed by atoms with Crippen LogP contribution < -0.4 is 16.2 Å². The lowest BCUT2D eigenvalue weighted by Gasteiger charge is -2.23. The van der Waals surface area contributed by atoms with Gasteiger partial charge in [-0.25, -0.2) is 0 Å². The number of nitrogens with one attached hydrogen (secondary N) is 3. The topological polar surface area (TPSA) is 109 Å². The van der Waals surface area contributed by atoms with Gasteiger partial charge in [-0.05, 0) is 66.1 Å². The largest absolute Gasteiger partial charge is 0.360 e. The molecule has 0 unspecified atom stereocenters. The summed E-state index contributed by atoms with van der Waals surface area (Å²) in [6, 6.07) is 18.1. The third-order valence-corrected chi connectivity index (χ3v) is 7.16. The van der Waals surface area contributed by atoms with Gasteiger partial charge in [0.2, 0.25) is 0 Å². The molecule has 1 aliphatic carbocycles. The predicted octanol–water partition coefficient (Wildman–Crippen LogP) is 4.19. The van der Waals surface area contributed by atoms with E-state index in [1.807, 2.05) is 6.07 Å². The molecule has 0 saturated heterocycles. The number of hydrogen-bond donors (Lipinski definition) is 3. The van der Waals surface area contributed by atoms with Crippen molar-refractivity contribution in [2.24, 2.45) is 0 Å². The Labute approximate surface area is 222 Å². The maximum atomic E-state index is 13.2. The summed E-state index contributed by atoms with van der Waals surface area (Å²) >= 11 is 6.17. The van der Waals surface area contributed by atoms with Crippen LogP contribution in [0, 0.1) is 0 Å². The molecular weight excluding hydrogens is 502 g/mol. The molecule has 0 fully saturated rings. The number of aromatic amines is 1. The Bertz CT molecular complexity index is 1740. The number of carbonyl (C=O) groups excluding carboxylic acids is 2. The third kappa shape index (κ3) is 4.35. The van der Waals surface area contributed by atoms with E-state index in [1.54, 1.807) is 79.4 Å². The summed E-state index contributed by atoms with van der Waals surface area (Å²) in [6.45, 7) is 0. The second-order valence-electron chi connectivity index (χ2n) is 9.16. The summed E-state index contributed by atoms with van der Waals surface area (Å²) in [4.78, 5) is 45.8. The van der Waals surface area contributed by atoms with Gasteiger partial charge in [-0.2, -0.15) is 0 Å². The zero-order valence-corrected chi connectivity index (χ0v) is 20.8. The molecule has 2 atom stereocenters. The van der Waals surface area contributed by atoms with Crippen LogP contribution in [0.2, 0.25) is 5.02 Å². The van der Waals surface area contributed by atoms with Gasteiger partial charge in [0.05, 0.1) is 17.1 Å². The van der Waals surface area contributed by atoms with Crippen molar-refractivity contribution in [2.75, 3.05) is 0 Å². The van der Waals surface area contributed by atoms with E-state index in [9.17, 15) is 14.4 Å². The summed E-state index contributed by atoms with van der Waals surface area (Å²) in [5.74, 6) is -0.541. The van der Waals surface area contributed by atoms with Gasteiger partial charge in [-0.3, -0.25) is 23.9 Å². The van der Waals surface area contributed by atoms with Gasteiger partial charge in [-0.15, -0.1) is 0 Å². The number of nitrogens with zero attached hydrogens (tertiary/aromatic N) is 2. The van der Waals surface area contributed by atoms with Crippen molar-refractivity contribution in [3.8, 4) is 5.69 Å². The number of H-pyrrole nitrogens is 1. The fourth-order valence-electron chi connectivity index (χ4n) is 4.91. The van der Waals surface area contributed by atoms with Crippen molar-refractivity contribution in [1.82, 2.24) is 25.2 Å². The summed E-state index contributed by atoms with van der Waals surface area (Å²) in [5.41, 5.74) is 4.09. The molecule has 5 aromatic rings. The lowest BCUT2D eigenvalue weighted by atomic mass is 10.1. The van der Waals surface area contributed by atoms with Gasteiger partial charge in [-0.1, -0.05) is 23.7 Å². The number of amides is 2. The zero-order valence-electron chi connectivity index (χ0n) is 20.0. The highest BCUT2D eigenvalue weighted by Crippen LogP contribution is 2.32. The average molecular weight is 524 g/mol. The minimum Gasteiger partial charge on any atom is -0.360 e. The van der Waals surface area contributed by atoms with Crippen molar-refractivity contribution >= 4 is 34.3 Å². The van der Waals surface area contributed by atoms with Crippen LogP contribution in [-0.4, -0.2) is 32.4 Å². The fraction of sp³-hybridized carbons (Fsp3) is 0.103. The number of pyridine rings is 2. The third-order valence-electron chi connectivity index (χ3n) is 6.85. The molecule has 0 aliphatic heterocycles. The molecule has 1 aliphatic rings. The molecule has 0 radical (unpaired) electrons. The minimum absolute atomic E-state index is 0.154. The monoisotopic (exact) mass is 523 g/mol. The van der Waals surface area contributed by atoms with E-state index in [2.05, 4.69) is 20.6 Å². The molecule has 3 aromatic heterocycles. The molecule has 8 nitrogen and oxygen atoms in total. The Kier molecular flexibility index (Phi) is 6.01. The van der Waals surface area contributed by atoms with Gasteiger partial charge < -0.3 is 15.6 Å². The van der Waals surface area contributed by atoms with E-state index >= 15 is 0 Å². The van der Waals surface area contributed by atoms with Crippen LogP contribution in [0.1, 0.15) is 37.9 Å². The molecule has 3 heterocycles. The van der Waals surface area contributed by atoms with Crippen LogP contribution in [0.15, 0.2) is 96.3 Å². The Morgan fingerprint density at radius 2 is 1.76 bits per heavy atom. The number of hydrogen-bond acceptors (Lipinski definition) is 4. The number of benzene rings is 2.